The molecule has 2 rings (SSSR count). The number of nitrogens with zero attached hydrogens (tertiary/aromatic N) is 1. The minimum atomic E-state index is -0.0513. The van der Waals surface area contributed by atoms with Crippen LogP contribution in [0.2, 0.25) is 0 Å². The second-order valence-electron chi connectivity index (χ2n) is 8.55. The largest absolute Gasteiger partial charge is 0.396 e. The van der Waals surface area contributed by atoms with Crippen molar-refractivity contribution in [2.24, 2.45) is 11.3 Å². The van der Waals surface area contributed by atoms with Crippen LogP contribution in [-0.4, -0.2) is 54.9 Å². The fraction of sp³-hybridized carbons (Fsp3) is 0.947. The molecule has 5 nitrogen and oxygen atoms in total. The Kier molecular flexibility index (Phi) is 7.82. The van der Waals surface area contributed by atoms with Crippen molar-refractivity contribution in [3.8, 4) is 0 Å². The third-order valence-corrected chi connectivity index (χ3v) is 5.66. The van der Waals surface area contributed by atoms with Crippen molar-refractivity contribution in [3.05, 3.63) is 0 Å². The predicted octanol–water partition coefficient (Wildman–Crippen LogP) is 2.74. The van der Waals surface area contributed by atoms with Crippen LogP contribution in [0.1, 0.15) is 65.2 Å². The average molecular weight is 340 g/mol. The van der Waals surface area contributed by atoms with Gasteiger partial charge in [0.2, 0.25) is 0 Å². The molecule has 1 heterocycles. The Hall–Kier alpha value is -0.810. The van der Waals surface area contributed by atoms with Gasteiger partial charge in [-0.05, 0) is 49.9 Å². The summed E-state index contributed by atoms with van der Waals surface area (Å²) < 4.78 is 0. The first-order valence-electron chi connectivity index (χ1n) is 9.86. The molecule has 2 fully saturated rings. The van der Waals surface area contributed by atoms with E-state index in [2.05, 4.69) is 15.5 Å². The van der Waals surface area contributed by atoms with E-state index < -0.39 is 0 Å². The molecule has 2 amide bonds. The number of aliphatic hydroxyl groups excluding tert-OH is 1. The van der Waals surface area contributed by atoms with Gasteiger partial charge in [-0.25, -0.2) is 4.79 Å². The van der Waals surface area contributed by atoms with Gasteiger partial charge in [0.05, 0.1) is 0 Å². The summed E-state index contributed by atoms with van der Waals surface area (Å²) in [6, 6.07) is 0.282. The van der Waals surface area contributed by atoms with Crippen molar-refractivity contribution in [2.45, 2.75) is 71.3 Å². The standard InChI is InChI=1S/C19H37N3O2/c1-19(2,15-23)10-5-11-20-18(24)21-17-8-12-22(13-9-17)14-16-6-3-4-7-16/h16-17,23H,3-15H2,1-2H3,(H2,20,21,24). The first-order chi connectivity index (χ1) is 11.5. The number of piperidine rings is 1. The van der Waals surface area contributed by atoms with Gasteiger partial charge in [0.1, 0.15) is 0 Å². The van der Waals surface area contributed by atoms with Crippen LogP contribution in [0.25, 0.3) is 0 Å². The molecule has 0 atom stereocenters. The second-order valence-corrected chi connectivity index (χ2v) is 8.55. The zero-order valence-electron chi connectivity index (χ0n) is 15.6. The number of hydrogen-bond donors (Lipinski definition) is 3. The van der Waals surface area contributed by atoms with E-state index in [4.69, 9.17) is 0 Å². The van der Waals surface area contributed by atoms with Crippen LogP contribution in [0.3, 0.4) is 0 Å². The Morgan fingerprint density at radius 2 is 1.83 bits per heavy atom. The zero-order valence-corrected chi connectivity index (χ0v) is 15.6. The molecule has 0 spiro atoms. The molecule has 0 aromatic rings. The molecule has 0 aromatic carbocycles. The van der Waals surface area contributed by atoms with Gasteiger partial charge in [-0.1, -0.05) is 26.7 Å². The molecule has 140 valence electrons. The SMILES string of the molecule is CC(C)(CO)CCCNC(=O)NC1CCN(CC2CCCC2)CC1. The number of hydrogen-bond acceptors (Lipinski definition) is 3. The number of aliphatic hydroxyl groups is 1. The molecule has 3 N–H and O–H groups in total. The molecule has 0 radical (unpaired) electrons. The number of carbonyl (C=O) groups excluding carboxylic acids is 1. The lowest BCUT2D eigenvalue weighted by molar-refractivity contribution is 0.147. The van der Waals surface area contributed by atoms with Crippen LogP contribution in [0.4, 0.5) is 4.79 Å². The molecular weight excluding hydrogens is 302 g/mol. The number of likely N-dealkylation sites (tertiary alicyclic amines) is 1. The van der Waals surface area contributed by atoms with E-state index >= 15 is 0 Å². The summed E-state index contributed by atoms with van der Waals surface area (Å²) in [4.78, 5) is 14.6. The monoisotopic (exact) mass is 339 g/mol. The highest BCUT2D eigenvalue weighted by Gasteiger charge is 2.24. The van der Waals surface area contributed by atoms with Crippen LogP contribution in [-0.2, 0) is 0 Å². The molecule has 1 aliphatic heterocycles. The highest BCUT2D eigenvalue weighted by molar-refractivity contribution is 5.74. The molecule has 0 bridgehead atoms. The molecular formula is C19H37N3O2. The number of carbonyl (C=O) groups is 1. The summed E-state index contributed by atoms with van der Waals surface area (Å²) >= 11 is 0. The van der Waals surface area contributed by atoms with E-state index in [1.807, 2.05) is 13.8 Å². The molecule has 1 saturated carbocycles. The smallest absolute Gasteiger partial charge is 0.315 e. The van der Waals surface area contributed by atoms with E-state index in [1.165, 1.54) is 32.2 Å². The highest BCUT2D eigenvalue weighted by atomic mass is 16.3. The van der Waals surface area contributed by atoms with Crippen LogP contribution in [0.5, 0.6) is 0 Å². The van der Waals surface area contributed by atoms with E-state index in [1.54, 1.807) is 0 Å². The van der Waals surface area contributed by atoms with Crippen LogP contribution < -0.4 is 10.6 Å². The highest BCUT2D eigenvalue weighted by Crippen LogP contribution is 2.26. The fourth-order valence-corrected chi connectivity index (χ4v) is 3.90. The molecule has 0 unspecified atom stereocenters. The molecule has 0 aromatic heterocycles. The van der Waals surface area contributed by atoms with Crippen molar-refractivity contribution in [1.82, 2.24) is 15.5 Å². The lowest BCUT2D eigenvalue weighted by Crippen LogP contribution is -2.48. The van der Waals surface area contributed by atoms with Gasteiger partial charge < -0.3 is 20.6 Å². The maximum Gasteiger partial charge on any atom is 0.315 e. The minimum Gasteiger partial charge on any atom is -0.396 e. The average Bonchev–Trinajstić information content (AvgIpc) is 3.06. The topological polar surface area (TPSA) is 64.6 Å². The lowest BCUT2D eigenvalue weighted by Gasteiger charge is -2.33. The van der Waals surface area contributed by atoms with Gasteiger partial charge >= 0.3 is 6.03 Å². The Labute approximate surface area is 147 Å². The van der Waals surface area contributed by atoms with Crippen molar-refractivity contribution < 1.29 is 9.90 Å². The van der Waals surface area contributed by atoms with E-state index in [9.17, 15) is 9.90 Å². The number of urea groups is 1. The zero-order chi connectivity index (χ0) is 17.4. The Morgan fingerprint density at radius 1 is 1.17 bits per heavy atom. The summed E-state index contributed by atoms with van der Waals surface area (Å²) in [6.45, 7) is 8.46. The molecule has 1 aliphatic carbocycles. The van der Waals surface area contributed by atoms with Crippen molar-refractivity contribution >= 4 is 6.03 Å². The van der Waals surface area contributed by atoms with Gasteiger partial charge in [0.25, 0.3) is 0 Å². The van der Waals surface area contributed by atoms with Gasteiger partial charge in [-0.3, -0.25) is 0 Å². The van der Waals surface area contributed by atoms with Crippen molar-refractivity contribution in [1.29, 1.82) is 0 Å². The Bertz CT molecular complexity index is 373. The van der Waals surface area contributed by atoms with Crippen LogP contribution in [0.15, 0.2) is 0 Å². The quantitative estimate of drug-likeness (QED) is 0.596. The summed E-state index contributed by atoms with van der Waals surface area (Å²) in [5.41, 5.74) is -0.0513. The second kappa shape index (κ2) is 9.62. The Morgan fingerprint density at radius 3 is 2.46 bits per heavy atom. The third-order valence-electron chi connectivity index (χ3n) is 5.66. The Balaban J connectivity index is 1.53. The number of rotatable bonds is 8. The van der Waals surface area contributed by atoms with Crippen molar-refractivity contribution in [3.63, 3.8) is 0 Å². The molecule has 2 aliphatic rings. The van der Waals surface area contributed by atoms with E-state index in [0.29, 0.717) is 12.6 Å². The van der Waals surface area contributed by atoms with Gasteiger partial charge in [-0.15, -0.1) is 0 Å². The lowest BCUT2D eigenvalue weighted by atomic mass is 9.89. The van der Waals surface area contributed by atoms with Gasteiger partial charge in [0.15, 0.2) is 0 Å². The third kappa shape index (κ3) is 6.98. The van der Waals surface area contributed by atoms with Crippen molar-refractivity contribution in [2.75, 3.05) is 32.8 Å². The predicted molar refractivity (Wildman–Crippen MR) is 98.1 cm³/mol. The van der Waals surface area contributed by atoms with E-state index in [-0.39, 0.29) is 18.1 Å². The maximum absolute atomic E-state index is 12.0. The van der Waals surface area contributed by atoms with Crippen LogP contribution >= 0.6 is 0 Å². The van der Waals surface area contributed by atoms with Crippen LogP contribution in [0, 0.1) is 11.3 Å². The fourth-order valence-electron chi connectivity index (χ4n) is 3.90. The van der Waals surface area contributed by atoms with Gasteiger partial charge in [0, 0.05) is 38.8 Å². The number of amides is 2. The first kappa shape index (κ1) is 19.5. The minimum absolute atomic E-state index is 0.0361. The summed E-state index contributed by atoms with van der Waals surface area (Å²) in [5.74, 6) is 0.918. The molecule has 24 heavy (non-hydrogen) atoms. The summed E-state index contributed by atoms with van der Waals surface area (Å²) in [6.07, 6.45) is 9.61. The summed E-state index contributed by atoms with van der Waals surface area (Å²) in [7, 11) is 0. The van der Waals surface area contributed by atoms with E-state index in [0.717, 1.165) is 44.7 Å². The maximum atomic E-state index is 12.0. The molecule has 1 saturated heterocycles. The van der Waals surface area contributed by atoms with Gasteiger partial charge in [-0.2, -0.15) is 0 Å². The first-order valence-corrected chi connectivity index (χ1v) is 9.86. The molecule has 5 heteroatoms. The summed E-state index contributed by atoms with van der Waals surface area (Å²) in [5, 5.41) is 15.3. The normalized spacial score (nSPS) is 21.1. The number of nitrogens with one attached hydrogen (secondary N) is 2.